The second-order valence-corrected chi connectivity index (χ2v) is 7.65. The molecule has 0 unspecified atom stereocenters. The molecule has 1 saturated carbocycles. The summed E-state index contributed by atoms with van der Waals surface area (Å²) in [4.78, 5) is 9.56. The number of nitrogens with zero attached hydrogens (tertiary/aromatic N) is 2. The van der Waals surface area contributed by atoms with Crippen LogP contribution in [-0.2, 0) is 6.54 Å². The molecule has 4 nitrogen and oxygen atoms in total. The molecule has 0 spiro atoms. The van der Waals surface area contributed by atoms with Crippen LogP contribution in [0.3, 0.4) is 0 Å². The van der Waals surface area contributed by atoms with Gasteiger partial charge in [0.05, 0.1) is 5.69 Å². The Morgan fingerprint density at radius 1 is 0.893 bits per heavy atom. The summed E-state index contributed by atoms with van der Waals surface area (Å²) in [6.45, 7) is 2.86. The van der Waals surface area contributed by atoms with Gasteiger partial charge in [-0.1, -0.05) is 79.4 Å². The molecule has 2 N–H and O–H groups in total. The molecule has 0 radical (unpaired) electrons. The molecule has 4 rings (SSSR count). The van der Waals surface area contributed by atoms with Gasteiger partial charge < -0.3 is 10.6 Å². The third-order valence-electron chi connectivity index (χ3n) is 5.29. The first kappa shape index (κ1) is 18.5. The van der Waals surface area contributed by atoms with Crippen LogP contribution in [0, 0.1) is 6.92 Å². The molecule has 1 aromatic heterocycles. The van der Waals surface area contributed by atoms with Crippen LogP contribution in [0.5, 0.6) is 0 Å². The van der Waals surface area contributed by atoms with E-state index in [1.165, 1.54) is 43.2 Å². The van der Waals surface area contributed by atoms with Crippen LogP contribution in [0.4, 0.5) is 11.8 Å². The molecular formula is C24H28N4. The maximum atomic E-state index is 4.80. The Morgan fingerprint density at radius 3 is 2.50 bits per heavy atom. The van der Waals surface area contributed by atoms with E-state index in [1.54, 1.807) is 0 Å². The van der Waals surface area contributed by atoms with Gasteiger partial charge >= 0.3 is 0 Å². The van der Waals surface area contributed by atoms with Crippen molar-refractivity contribution >= 4 is 11.8 Å². The van der Waals surface area contributed by atoms with Crippen LogP contribution in [0.1, 0.15) is 43.2 Å². The number of aromatic nitrogens is 2. The Hall–Kier alpha value is -2.88. The van der Waals surface area contributed by atoms with E-state index in [0.29, 0.717) is 6.04 Å². The number of nitrogens with one attached hydrogen (secondary N) is 2. The number of hydrogen-bond acceptors (Lipinski definition) is 4. The van der Waals surface area contributed by atoms with Crippen LogP contribution in [0.15, 0.2) is 60.7 Å². The zero-order chi connectivity index (χ0) is 19.2. The van der Waals surface area contributed by atoms with Crippen LogP contribution in [-0.4, -0.2) is 16.0 Å². The molecule has 0 amide bonds. The van der Waals surface area contributed by atoms with E-state index in [4.69, 9.17) is 9.97 Å². The van der Waals surface area contributed by atoms with Crippen molar-refractivity contribution in [3.8, 4) is 11.3 Å². The highest BCUT2D eigenvalue weighted by molar-refractivity contribution is 5.64. The number of hydrogen-bond donors (Lipinski definition) is 2. The Morgan fingerprint density at radius 2 is 1.71 bits per heavy atom. The normalized spacial score (nSPS) is 14.6. The van der Waals surface area contributed by atoms with Crippen molar-refractivity contribution in [3.05, 3.63) is 71.8 Å². The first-order valence-corrected chi connectivity index (χ1v) is 10.3. The lowest BCUT2D eigenvalue weighted by atomic mass is 9.96. The molecule has 28 heavy (non-hydrogen) atoms. The number of rotatable bonds is 6. The molecule has 1 aliphatic rings. The lowest BCUT2D eigenvalue weighted by molar-refractivity contribution is 0.461. The van der Waals surface area contributed by atoms with Crippen LogP contribution < -0.4 is 10.6 Å². The summed E-state index contributed by atoms with van der Waals surface area (Å²) in [6.07, 6.45) is 6.31. The van der Waals surface area contributed by atoms with Gasteiger partial charge in [-0.25, -0.2) is 4.98 Å². The zero-order valence-corrected chi connectivity index (χ0v) is 16.5. The Balaban J connectivity index is 1.57. The molecule has 0 bridgehead atoms. The van der Waals surface area contributed by atoms with Crippen molar-refractivity contribution in [1.82, 2.24) is 9.97 Å². The quantitative estimate of drug-likeness (QED) is 0.573. The molecular weight excluding hydrogens is 344 g/mol. The van der Waals surface area contributed by atoms with Crippen molar-refractivity contribution in [2.24, 2.45) is 0 Å². The summed E-state index contributed by atoms with van der Waals surface area (Å²) in [5.74, 6) is 1.58. The molecule has 144 valence electrons. The minimum absolute atomic E-state index is 0.476. The fourth-order valence-electron chi connectivity index (χ4n) is 3.80. The fourth-order valence-corrected chi connectivity index (χ4v) is 3.80. The van der Waals surface area contributed by atoms with Crippen molar-refractivity contribution in [2.45, 2.75) is 51.6 Å². The monoisotopic (exact) mass is 372 g/mol. The molecule has 4 heteroatoms. The highest BCUT2D eigenvalue weighted by Gasteiger charge is 2.15. The van der Waals surface area contributed by atoms with Crippen molar-refractivity contribution in [3.63, 3.8) is 0 Å². The third-order valence-corrected chi connectivity index (χ3v) is 5.29. The minimum atomic E-state index is 0.476. The van der Waals surface area contributed by atoms with Gasteiger partial charge in [-0.2, -0.15) is 4.98 Å². The van der Waals surface area contributed by atoms with Gasteiger partial charge in [0.1, 0.15) is 5.82 Å². The van der Waals surface area contributed by atoms with E-state index in [2.05, 4.69) is 54.0 Å². The lowest BCUT2D eigenvalue weighted by Gasteiger charge is -2.23. The summed E-state index contributed by atoms with van der Waals surface area (Å²) in [5, 5.41) is 7.06. The molecule has 1 heterocycles. The standard InChI is InChI=1S/C24H28N4/c1-18-9-8-10-19(15-18)17-25-23-16-22(20-11-4-2-5-12-20)27-24(28-23)26-21-13-6-3-7-14-21/h2,4-5,8-12,15-16,21H,3,6-7,13-14,17H2,1H3,(H2,25,26,27,28). The SMILES string of the molecule is Cc1cccc(CNc2cc(-c3ccccc3)nc(NC3CCCCC3)n2)c1. The van der Waals surface area contributed by atoms with Gasteiger partial charge in [0.2, 0.25) is 5.95 Å². The largest absolute Gasteiger partial charge is 0.366 e. The summed E-state index contributed by atoms with van der Waals surface area (Å²) < 4.78 is 0. The highest BCUT2D eigenvalue weighted by atomic mass is 15.2. The van der Waals surface area contributed by atoms with Gasteiger partial charge in [0, 0.05) is 24.2 Å². The predicted molar refractivity (Wildman–Crippen MR) is 116 cm³/mol. The van der Waals surface area contributed by atoms with E-state index >= 15 is 0 Å². The average Bonchev–Trinajstić information content (AvgIpc) is 2.74. The maximum absolute atomic E-state index is 4.80. The summed E-state index contributed by atoms with van der Waals surface area (Å²) in [6, 6.07) is 21.4. The fraction of sp³-hybridized carbons (Fsp3) is 0.333. The first-order chi connectivity index (χ1) is 13.8. The summed E-state index contributed by atoms with van der Waals surface area (Å²) in [5.41, 5.74) is 4.57. The van der Waals surface area contributed by atoms with Crippen molar-refractivity contribution < 1.29 is 0 Å². The molecule has 0 saturated heterocycles. The van der Waals surface area contributed by atoms with E-state index in [1.807, 2.05) is 24.3 Å². The number of benzene rings is 2. The van der Waals surface area contributed by atoms with Gasteiger partial charge in [0.15, 0.2) is 0 Å². The average molecular weight is 373 g/mol. The van der Waals surface area contributed by atoms with Crippen LogP contribution in [0.25, 0.3) is 11.3 Å². The maximum Gasteiger partial charge on any atom is 0.225 e. The van der Waals surface area contributed by atoms with E-state index in [-0.39, 0.29) is 0 Å². The molecule has 0 aliphatic heterocycles. The molecule has 3 aromatic rings. The molecule has 2 aromatic carbocycles. The van der Waals surface area contributed by atoms with Gasteiger partial charge in [-0.3, -0.25) is 0 Å². The van der Waals surface area contributed by atoms with Crippen molar-refractivity contribution in [1.29, 1.82) is 0 Å². The Kier molecular flexibility index (Phi) is 5.86. The van der Waals surface area contributed by atoms with E-state index in [9.17, 15) is 0 Å². The molecule has 1 fully saturated rings. The zero-order valence-electron chi connectivity index (χ0n) is 16.5. The summed E-state index contributed by atoms with van der Waals surface area (Å²) in [7, 11) is 0. The molecule has 1 aliphatic carbocycles. The van der Waals surface area contributed by atoms with E-state index in [0.717, 1.165) is 29.6 Å². The Labute approximate surface area is 167 Å². The predicted octanol–water partition coefficient (Wildman–Crippen LogP) is 5.81. The van der Waals surface area contributed by atoms with Gasteiger partial charge in [0.25, 0.3) is 0 Å². The van der Waals surface area contributed by atoms with Crippen LogP contribution in [0.2, 0.25) is 0 Å². The Bertz CT molecular complexity index is 901. The van der Waals surface area contributed by atoms with E-state index < -0.39 is 0 Å². The van der Waals surface area contributed by atoms with Gasteiger partial charge in [-0.15, -0.1) is 0 Å². The smallest absolute Gasteiger partial charge is 0.225 e. The lowest BCUT2D eigenvalue weighted by Crippen LogP contribution is -2.23. The second kappa shape index (κ2) is 8.87. The van der Waals surface area contributed by atoms with Gasteiger partial charge in [-0.05, 0) is 25.3 Å². The van der Waals surface area contributed by atoms with Crippen LogP contribution >= 0.6 is 0 Å². The number of aryl methyl sites for hydroxylation is 1. The third kappa shape index (κ3) is 4.89. The molecule has 0 atom stereocenters. The number of anilines is 2. The second-order valence-electron chi connectivity index (χ2n) is 7.65. The summed E-state index contributed by atoms with van der Waals surface area (Å²) >= 11 is 0. The first-order valence-electron chi connectivity index (χ1n) is 10.3. The topological polar surface area (TPSA) is 49.8 Å². The highest BCUT2D eigenvalue weighted by Crippen LogP contribution is 2.24. The minimum Gasteiger partial charge on any atom is -0.366 e. The van der Waals surface area contributed by atoms with Crippen molar-refractivity contribution in [2.75, 3.05) is 10.6 Å².